The minimum atomic E-state index is -0.542. The summed E-state index contributed by atoms with van der Waals surface area (Å²) in [6, 6.07) is 61.7. The fourth-order valence-corrected chi connectivity index (χ4v) is 9.40. The highest BCUT2D eigenvalue weighted by Gasteiger charge is 2.50. The lowest BCUT2D eigenvalue weighted by Crippen LogP contribution is -2.31. The highest BCUT2D eigenvalue weighted by molar-refractivity contribution is 7.99. The molecular formula is C48H29N3S. The van der Waals surface area contributed by atoms with Crippen molar-refractivity contribution >= 4 is 17.4 Å². The van der Waals surface area contributed by atoms with Crippen LogP contribution in [0.3, 0.4) is 0 Å². The van der Waals surface area contributed by atoms with E-state index in [4.69, 9.17) is 16.5 Å². The monoisotopic (exact) mass is 679 g/mol. The molecule has 0 saturated carbocycles. The molecule has 1 spiro atoms. The number of hydrogen-bond acceptors (Lipinski definition) is 3. The highest BCUT2D eigenvalue weighted by Crippen LogP contribution is 2.63. The maximum atomic E-state index is 8.30. The molecule has 0 bridgehead atoms. The largest absolute Gasteiger partial charge is 0.238 e. The molecule has 1 aliphatic heterocycles. The molecular weight excluding hydrogens is 651 g/mol. The average Bonchev–Trinajstić information content (AvgIpc) is 3.51. The maximum absolute atomic E-state index is 8.30. The fourth-order valence-electron chi connectivity index (χ4n) is 8.21. The maximum Gasteiger partial charge on any atom is 0.195 e. The van der Waals surface area contributed by atoms with Crippen molar-refractivity contribution in [3.8, 4) is 56.2 Å². The van der Waals surface area contributed by atoms with Crippen molar-refractivity contribution in [2.24, 2.45) is 0 Å². The predicted octanol–water partition coefficient (Wildman–Crippen LogP) is 12.5. The van der Waals surface area contributed by atoms with Gasteiger partial charge in [-0.25, -0.2) is 14.8 Å². The smallest absolute Gasteiger partial charge is 0.195 e. The molecule has 7 aromatic carbocycles. The first-order valence-corrected chi connectivity index (χ1v) is 18.2. The summed E-state index contributed by atoms with van der Waals surface area (Å²) in [7, 11) is 0. The van der Waals surface area contributed by atoms with Crippen LogP contribution >= 0.6 is 11.8 Å². The van der Waals surface area contributed by atoms with E-state index in [1.807, 2.05) is 60.3 Å². The van der Waals surface area contributed by atoms with E-state index in [-0.39, 0.29) is 0 Å². The molecule has 242 valence electrons. The summed E-state index contributed by atoms with van der Waals surface area (Å²) in [5, 5.41) is 0. The van der Waals surface area contributed by atoms with E-state index >= 15 is 0 Å². The zero-order valence-corrected chi connectivity index (χ0v) is 28.8. The molecule has 0 atom stereocenters. The number of fused-ring (bicyclic) bond motifs is 9. The molecule has 0 saturated heterocycles. The van der Waals surface area contributed by atoms with Gasteiger partial charge in [0, 0.05) is 26.5 Å². The number of aromatic nitrogens is 2. The van der Waals surface area contributed by atoms with Crippen LogP contribution in [-0.2, 0) is 5.41 Å². The van der Waals surface area contributed by atoms with Crippen LogP contribution in [0.1, 0.15) is 22.3 Å². The molecule has 0 N–H and O–H groups in total. The standard InChI is InChI=1S/C48H29N3S/c1-49-41-24-14-23-40-46(41)36-29-33(27-28-37(36)48(40)38-21-10-12-25-44(38)52-45-26-13-11-22-39(45)48)34-19-8-9-20-35(34)47-50-42(31-15-4-2-5-16-31)30-43(51-47)32-17-6-3-7-18-32/h2-30H. The quantitative estimate of drug-likeness (QED) is 0.173. The fraction of sp³-hybridized carbons (Fsp3) is 0.0208. The molecule has 3 nitrogen and oxygen atoms in total. The lowest BCUT2D eigenvalue weighted by atomic mass is 9.67. The van der Waals surface area contributed by atoms with Crippen LogP contribution in [0.15, 0.2) is 186 Å². The second-order valence-corrected chi connectivity index (χ2v) is 14.2. The molecule has 1 aromatic heterocycles. The van der Waals surface area contributed by atoms with Crippen molar-refractivity contribution in [3.05, 3.63) is 210 Å². The summed E-state index contributed by atoms with van der Waals surface area (Å²) < 4.78 is 0. The summed E-state index contributed by atoms with van der Waals surface area (Å²) in [5.41, 5.74) is 14.0. The van der Waals surface area contributed by atoms with E-state index in [0.29, 0.717) is 11.5 Å². The van der Waals surface area contributed by atoms with E-state index in [2.05, 4.69) is 132 Å². The van der Waals surface area contributed by atoms with Gasteiger partial charge < -0.3 is 0 Å². The summed E-state index contributed by atoms with van der Waals surface area (Å²) in [5.74, 6) is 0.669. The molecule has 2 heterocycles. The van der Waals surface area contributed by atoms with Gasteiger partial charge in [-0.05, 0) is 68.8 Å². The van der Waals surface area contributed by atoms with Crippen molar-refractivity contribution < 1.29 is 0 Å². The van der Waals surface area contributed by atoms with Gasteiger partial charge in [-0.1, -0.05) is 163 Å². The van der Waals surface area contributed by atoms with E-state index in [0.717, 1.165) is 55.9 Å². The first kappa shape index (κ1) is 30.3. The third-order valence-electron chi connectivity index (χ3n) is 10.4. The lowest BCUT2D eigenvalue weighted by molar-refractivity contribution is 0.722. The number of hydrogen-bond donors (Lipinski definition) is 0. The first-order valence-electron chi connectivity index (χ1n) is 17.4. The molecule has 4 heteroatoms. The Morgan fingerprint density at radius 2 is 1.00 bits per heavy atom. The Morgan fingerprint density at radius 3 is 1.63 bits per heavy atom. The van der Waals surface area contributed by atoms with Crippen LogP contribution in [0.2, 0.25) is 0 Å². The number of nitrogens with zero attached hydrogens (tertiary/aromatic N) is 3. The SMILES string of the molecule is [C-]#[N+]c1cccc2c1-c1cc(-c3ccccc3-c3nc(-c4ccccc4)cc(-c4ccccc4)n3)ccc1C21c2ccccc2Sc2ccccc21. The van der Waals surface area contributed by atoms with Gasteiger partial charge in [0.1, 0.15) is 0 Å². The lowest BCUT2D eigenvalue weighted by Gasteiger charge is -2.39. The van der Waals surface area contributed by atoms with Crippen molar-refractivity contribution in [1.82, 2.24) is 9.97 Å². The second kappa shape index (κ2) is 12.1. The molecule has 10 rings (SSSR count). The zero-order valence-electron chi connectivity index (χ0n) is 28.0. The Kier molecular flexibility index (Phi) is 7.02. The molecule has 0 unspecified atom stereocenters. The Balaban J connectivity index is 1.21. The normalized spacial score (nSPS) is 13.1. The van der Waals surface area contributed by atoms with E-state index in [9.17, 15) is 0 Å². The van der Waals surface area contributed by atoms with Crippen LogP contribution in [-0.4, -0.2) is 9.97 Å². The molecule has 1 aliphatic carbocycles. The Hall–Kier alpha value is -6.54. The predicted molar refractivity (Wildman–Crippen MR) is 211 cm³/mol. The summed E-state index contributed by atoms with van der Waals surface area (Å²) in [4.78, 5) is 17.0. The van der Waals surface area contributed by atoms with Crippen molar-refractivity contribution in [1.29, 1.82) is 0 Å². The minimum Gasteiger partial charge on any atom is -0.238 e. The van der Waals surface area contributed by atoms with Crippen molar-refractivity contribution in [3.63, 3.8) is 0 Å². The third kappa shape index (κ3) is 4.53. The van der Waals surface area contributed by atoms with Crippen LogP contribution in [0, 0.1) is 6.57 Å². The van der Waals surface area contributed by atoms with Crippen LogP contribution in [0.25, 0.3) is 61.0 Å². The number of benzene rings is 7. The topological polar surface area (TPSA) is 30.1 Å². The molecule has 52 heavy (non-hydrogen) atoms. The van der Waals surface area contributed by atoms with E-state index in [1.165, 1.54) is 26.5 Å². The van der Waals surface area contributed by atoms with Gasteiger partial charge in [0.2, 0.25) is 0 Å². The third-order valence-corrected chi connectivity index (χ3v) is 11.6. The first-order chi connectivity index (χ1) is 25.7. The molecule has 0 amide bonds. The van der Waals surface area contributed by atoms with Gasteiger partial charge in [0.15, 0.2) is 11.5 Å². The van der Waals surface area contributed by atoms with Gasteiger partial charge in [-0.2, -0.15) is 0 Å². The van der Waals surface area contributed by atoms with Gasteiger partial charge in [0.25, 0.3) is 0 Å². The Bertz CT molecular complexity index is 2630. The summed E-state index contributed by atoms with van der Waals surface area (Å²) in [6.07, 6.45) is 0. The molecule has 0 radical (unpaired) electrons. The highest BCUT2D eigenvalue weighted by atomic mass is 32.2. The Labute approximate surface area is 307 Å². The van der Waals surface area contributed by atoms with Gasteiger partial charge in [-0.3, -0.25) is 0 Å². The van der Waals surface area contributed by atoms with Crippen LogP contribution < -0.4 is 0 Å². The average molecular weight is 680 g/mol. The molecule has 2 aliphatic rings. The summed E-state index contributed by atoms with van der Waals surface area (Å²) in [6.45, 7) is 8.30. The van der Waals surface area contributed by atoms with Crippen LogP contribution in [0.5, 0.6) is 0 Å². The number of rotatable bonds is 4. The summed E-state index contributed by atoms with van der Waals surface area (Å²) >= 11 is 1.83. The zero-order chi connectivity index (χ0) is 34.6. The van der Waals surface area contributed by atoms with Crippen molar-refractivity contribution in [2.45, 2.75) is 15.2 Å². The van der Waals surface area contributed by atoms with E-state index in [1.54, 1.807) is 0 Å². The minimum absolute atomic E-state index is 0.542. The van der Waals surface area contributed by atoms with E-state index < -0.39 is 5.41 Å². The van der Waals surface area contributed by atoms with Gasteiger partial charge in [0.05, 0.1) is 23.4 Å². The van der Waals surface area contributed by atoms with Gasteiger partial charge in [-0.15, -0.1) is 0 Å². The van der Waals surface area contributed by atoms with Crippen molar-refractivity contribution in [2.75, 3.05) is 0 Å². The second-order valence-electron chi connectivity index (χ2n) is 13.2. The molecule has 0 fully saturated rings. The van der Waals surface area contributed by atoms with Gasteiger partial charge >= 0.3 is 0 Å². The Morgan fingerprint density at radius 1 is 0.442 bits per heavy atom. The molecule has 8 aromatic rings. The van der Waals surface area contributed by atoms with Crippen LogP contribution in [0.4, 0.5) is 5.69 Å².